The minimum absolute atomic E-state index is 0.0461. The highest BCUT2D eigenvalue weighted by Crippen LogP contribution is 2.35. The van der Waals surface area contributed by atoms with Crippen LogP contribution in [0.15, 0.2) is 51.8 Å². The van der Waals surface area contributed by atoms with Crippen LogP contribution in [0.5, 0.6) is 0 Å². The van der Waals surface area contributed by atoms with E-state index in [1.54, 1.807) is 0 Å². The summed E-state index contributed by atoms with van der Waals surface area (Å²) < 4.78 is 60.1. The van der Waals surface area contributed by atoms with Gasteiger partial charge in [0, 0.05) is 17.4 Å². The third kappa shape index (κ3) is 6.24. The second-order valence-electron chi connectivity index (χ2n) is 7.98. The molecule has 5 rings (SSSR count). The van der Waals surface area contributed by atoms with E-state index in [0.29, 0.717) is 16.8 Å². The summed E-state index contributed by atoms with van der Waals surface area (Å²) in [6.45, 7) is -0.250. The van der Waals surface area contributed by atoms with Gasteiger partial charge in [-0.2, -0.15) is 18.2 Å². The second-order valence-corrected chi connectivity index (χ2v) is 7.98. The monoisotopic (exact) mass is 534 g/mol. The number of aromatic nitrogens is 3. The summed E-state index contributed by atoms with van der Waals surface area (Å²) in [5, 5.41) is 14.8. The molecule has 1 amide bonds. The van der Waals surface area contributed by atoms with Crippen molar-refractivity contribution in [1.29, 1.82) is 0 Å². The highest BCUT2D eigenvalue weighted by Gasteiger charge is 2.36. The van der Waals surface area contributed by atoms with Crippen LogP contribution in [0, 0.1) is 5.82 Å². The number of amides is 1. The van der Waals surface area contributed by atoms with E-state index in [1.807, 2.05) is 0 Å². The van der Waals surface area contributed by atoms with Crippen LogP contribution in [0.3, 0.4) is 0 Å². The molecule has 2 heterocycles. The summed E-state index contributed by atoms with van der Waals surface area (Å²) in [6.07, 6.45) is -2.47. The molecule has 198 valence electrons. The fourth-order valence-electron chi connectivity index (χ4n) is 3.36. The minimum Gasteiger partial charge on any atom is -0.483 e. The van der Waals surface area contributed by atoms with Gasteiger partial charge in [-0.3, -0.25) is 14.6 Å². The first-order valence-corrected chi connectivity index (χ1v) is 10.9. The molecule has 15 heteroatoms. The number of hydrogen-bond acceptors (Lipinski definition) is 8. The highest BCUT2D eigenvalue weighted by molar-refractivity contribution is 5.96. The number of carbonyl (C=O) groups excluding carboxylic acids is 1. The van der Waals surface area contributed by atoms with Crippen molar-refractivity contribution in [3.05, 3.63) is 70.1 Å². The number of alkyl halides is 3. The van der Waals surface area contributed by atoms with Crippen molar-refractivity contribution < 1.29 is 36.7 Å². The maximum Gasteiger partial charge on any atom is 0.417 e. The van der Waals surface area contributed by atoms with E-state index in [4.69, 9.17) is 14.3 Å². The second kappa shape index (κ2) is 10.6. The summed E-state index contributed by atoms with van der Waals surface area (Å²) in [6, 6.07) is 7.52. The van der Waals surface area contributed by atoms with Gasteiger partial charge in [0.15, 0.2) is 17.2 Å². The number of aromatic amines is 1. The van der Waals surface area contributed by atoms with Crippen molar-refractivity contribution in [2.75, 3.05) is 10.6 Å². The molecule has 2 aromatic carbocycles. The Morgan fingerprint density at radius 2 is 1.82 bits per heavy atom. The molecule has 4 aromatic rings. The lowest BCUT2D eigenvalue weighted by atomic mass is 10.1. The van der Waals surface area contributed by atoms with Gasteiger partial charge in [0.25, 0.3) is 12.4 Å². The van der Waals surface area contributed by atoms with Crippen LogP contribution >= 0.6 is 0 Å². The van der Waals surface area contributed by atoms with Crippen molar-refractivity contribution in [3.63, 3.8) is 0 Å². The maximum atomic E-state index is 14.3. The van der Waals surface area contributed by atoms with Crippen LogP contribution in [-0.4, -0.2) is 38.5 Å². The summed E-state index contributed by atoms with van der Waals surface area (Å²) in [5.74, 6) is -2.71. The van der Waals surface area contributed by atoms with Crippen molar-refractivity contribution in [2.45, 2.75) is 25.1 Å². The Kier molecular flexibility index (Phi) is 7.27. The number of rotatable bonds is 6. The number of carboxylic acid groups (broad SMARTS) is 1. The number of halogens is 4. The van der Waals surface area contributed by atoms with Gasteiger partial charge in [0.05, 0.1) is 22.8 Å². The van der Waals surface area contributed by atoms with E-state index in [-0.39, 0.29) is 30.0 Å². The Morgan fingerprint density at radius 1 is 1.13 bits per heavy atom. The number of oxazole rings is 1. The van der Waals surface area contributed by atoms with Gasteiger partial charge in [-0.1, -0.05) is 0 Å². The fraction of sp³-hybridized carbons (Fsp3) is 0.174. The molecule has 1 saturated carbocycles. The molecule has 0 spiro atoms. The first-order chi connectivity index (χ1) is 18.1. The van der Waals surface area contributed by atoms with Crippen LogP contribution < -0.4 is 21.7 Å². The molecule has 0 bridgehead atoms. The van der Waals surface area contributed by atoms with Crippen LogP contribution in [0.2, 0.25) is 0 Å². The fourth-order valence-corrected chi connectivity index (χ4v) is 3.36. The number of fused-ring (bicyclic) bond motifs is 1. The molecule has 0 atom stereocenters. The lowest BCUT2D eigenvalue weighted by Crippen LogP contribution is -2.28. The largest absolute Gasteiger partial charge is 0.483 e. The lowest BCUT2D eigenvalue weighted by Gasteiger charge is -2.15. The van der Waals surface area contributed by atoms with Gasteiger partial charge in [-0.15, -0.1) is 0 Å². The van der Waals surface area contributed by atoms with Crippen LogP contribution in [-0.2, 0) is 11.0 Å². The van der Waals surface area contributed by atoms with Gasteiger partial charge >= 0.3 is 11.9 Å². The lowest BCUT2D eigenvalue weighted by molar-refractivity contribution is -0.137. The molecule has 1 aliphatic carbocycles. The molecule has 5 N–H and O–H groups in total. The summed E-state index contributed by atoms with van der Waals surface area (Å²) in [7, 11) is 0. The zero-order valence-corrected chi connectivity index (χ0v) is 19.1. The molecular formula is C23H18F4N6O5. The SMILES string of the molecule is O=C(NC1CC1)c1ccc(Nc2ncc(F)c(Nc3ccc4oc(=O)[nH]c4c3)n2)cc1C(F)(F)F.O=CO. The summed E-state index contributed by atoms with van der Waals surface area (Å²) >= 11 is 0. The van der Waals surface area contributed by atoms with Gasteiger partial charge < -0.3 is 25.5 Å². The number of carbonyl (C=O) groups is 2. The Morgan fingerprint density at radius 3 is 2.50 bits per heavy atom. The molecule has 1 aliphatic rings. The molecule has 0 unspecified atom stereocenters. The predicted octanol–water partition coefficient (Wildman–Crippen LogP) is 4.15. The molecule has 11 nitrogen and oxygen atoms in total. The highest BCUT2D eigenvalue weighted by atomic mass is 19.4. The van der Waals surface area contributed by atoms with Gasteiger partial charge in [-0.05, 0) is 49.2 Å². The topological polar surface area (TPSA) is 162 Å². The van der Waals surface area contributed by atoms with Crippen LogP contribution in [0.25, 0.3) is 11.1 Å². The van der Waals surface area contributed by atoms with E-state index in [0.717, 1.165) is 31.2 Å². The molecule has 38 heavy (non-hydrogen) atoms. The summed E-state index contributed by atoms with van der Waals surface area (Å²) in [5.41, 5.74) is -0.619. The zero-order chi connectivity index (χ0) is 27.4. The quantitative estimate of drug-likeness (QED) is 0.181. The first-order valence-electron chi connectivity index (χ1n) is 10.9. The molecule has 0 radical (unpaired) electrons. The van der Waals surface area contributed by atoms with Crippen LogP contribution in [0.1, 0.15) is 28.8 Å². The van der Waals surface area contributed by atoms with E-state index in [2.05, 4.69) is 30.9 Å². The smallest absolute Gasteiger partial charge is 0.417 e. The molecule has 1 fully saturated rings. The number of nitrogens with one attached hydrogen (secondary N) is 4. The van der Waals surface area contributed by atoms with Crippen molar-refractivity contribution in [3.8, 4) is 0 Å². The van der Waals surface area contributed by atoms with Crippen molar-refractivity contribution >= 4 is 46.6 Å². The van der Waals surface area contributed by atoms with Crippen LogP contribution in [0.4, 0.5) is 40.7 Å². The normalized spacial score (nSPS) is 12.8. The Hall–Kier alpha value is -4.95. The minimum atomic E-state index is -4.78. The van der Waals surface area contributed by atoms with Gasteiger partial charge in [-0.25, -0.2) is 14.2 Å². The van der Waals surface area contributed by atoms with E-state index < -0.39 is 34.8 Å². The summed E-state index contributed by atoms with van der Waals surface area (Å²) in [4.78, 5) is 42.1. The van der Waals surface area contributed by atoms with E-state index in [1.165, 1.54) is 24.3 Å². The number of anilines is 4. The average Bonchev–Trinajstić information content (AvgIpc) is 3.59. The number of hydrogen-bond donors (Lipinski definition) is 5. The molecule has 2 aromatic heterocycles. The van der Waals surface area contributed by atoms with Crippen molar-refractivity contribution in [2.24, 2.45) is 0 Å². The van der Waals surface area contributed by atoms with E-state index in [9.17, 15) is 27.2 Å². The average molecular weight is 534 g/mol. The molecular weight excluding hydrogens is 516 g/mol. The Labute approximate surface area is 209 Å². The first kappa shape index (κ1) is 26.1. The predicted molar refractivity (Wildman–Crippen MR) is 126 cm³/mol. The maximum absolute atomic E-state index is 14.3. The molecule has 0 saturated heterocycles. The Bertz CT molecular complexity index is 1550. The molecule has 0 aliphatic heterocycles. The third-order valence-corrected chi connectivity index (χ3v) is 5.16. The van der Waals surface area contributed by atoms with Crippen molar-refractivity contribution in [1.82, 2.24) is 20.3 Å². The van der Waals surface area contributed by atoms with Gasteiger partial charge in [0.1, 0.15) is 0 Å². The number of nitrogens with zero attached hydrogens (tertiary/aromatic N) is 2. The Balaban J connectivity index is 0.00000107. The zero-order valence-electron chi connectivity index (χ0n) is 19.1. The number of benzene rings is 2. The third-order valence-electron chi connectivity index (χ3n) is 5.16. The van der Waals surface area contributed by atoms with E-state index >= 15 is 0 Å². The standard InChI is InChI=1S/C22H16F4N6O3.CH2O2/c23-15-9-27-20(32-18(15)28-12-4-6-17-16(8-12)31-21(34)35-17)30-11-3-5-13(14(7-11)22(24,25)26)19(33)29-10-1-2-10;2-1-3/h3-10H,1-2H2,(H,29,33)(H,31,34)(H2,27,28,30,32);1H,(H,2,3). The number of H-pyrrole nitrogens is 1. The van der Waals surface area contributed by atoms with Gasteiger partial charge in [0.2, 0.25) is 5.95 Å².